The third-order valence-electron chi connectivity index (χ3n) is 7.14. The van der Waals surface area contributed by atoms with Crippen LogP contribution in [-0.2, 0) is 43.5 Å². The number of hydrogen-bond donors (Lipinski definition) is 1. The van der Waals surface area contributed by atoms with Crippen molar-refractivity contribution in [1.82, 2.24) is 0 Å². The van der Waals surface area contributed by atoms with Crippen LogP contribution in [0.5, 0.6) is 0 Å². The van der Waals surface area contributed by atoms with Crippen LogP contribution in [0.15, 0.2) is 121 Å². The summed E-state index contributed by atoms with van der Waals surface area (Å²) in [5, 5.41) is 12.5. The highest BCUT2D eigenvalue weighted by Crippen LogP contribution is 2.35. The summed E-state index contributed by atoms with van der Waals surface area (Å²) in [5.41, 5.74) is 1.90. The van der Waals surface area contributed by atoms with E-state index in [0.29, 0.717) is 6.61 Å². The Bertz CT molecular complexity index is 1400. The Hall–Kier alpha value is -3.80. The van der Waals surface area contributed by atoms with Crippen LogP contribution in [0.25, 0.3) is 0 Å². The zero-order valence-corrected chi connectivity index (χ0v) is 23.7. The zero-order chi connectivity index (χ0) is 29.0. The summed E-state index contributed by atoms with van der Waals surface area (Å²) >= 11 is 0. The van der Waals surface area contributed by atoms with Crippen molar-refractivity contribution in [1.29, 1.82) is 0 Å². The molecule has 5 rings (SSSR count). The highest BCUT2D eigenvalue weighted by atomic mass is 16.7. The zero-order valence-electron chi connectivity index (χ0n) is 23.7. The third kappa shape index (κ3) is 7.72. The van der Waals surface area contributed by atoms with Crippen LogP contribution in [0.1, 0.15) is 22.3 Å². The first-order chi connectivity index (χ1) is 20.7. The predicted molar refractivity (Wildman–Crippen MR) is 160 cm³/mol. The Labute approximate surface area is 247 Å². The molecule has 1 aliphatic rings. The van der Waals surface area contributed by atoms with E-state index < -0.39 is 30.2 Å². The molecule has 216 valence electrons. The van der Waals surface area contributed by atoms with Gasteiger partial charge in [0.2, 0.25) is 0 Å². The second-order valence-corrected chi connectivity index (χ2v) is 10.1. The molecule has 1 fully saturated rings. The van der Waals surface area contributed by atoms with Crippen molar-refractivity contribution in [2.24, 2.45) is 0 Å². The van der Waals surface area contributed by atoms with E-state index in [1.165, 1.54) is 0 Å². The lowest BCUT2D eigenvalue weighted by Gasteiger charge is -2.48. The van der Waals surface area contributed by atoms with Gasteiger partial charge in [-0.15, -0.1) is 0 Å². The van der Waals surface area contributed by atoms with Crippen LogP contribution >= 0.6 is 0 Å². The molecular weight excluding hydrogens is 528 g/mol. The topological polar surface area (TPSA) is 66.4 Å². The lowest BCUT2D eigenvalue weighted by atomic mass is 9.84. The quantitative estimate of drug-likeness (QED) is 0.242. The third-order valence-corrected chi connectivity index (χ3v) is 7.14. The van der Waals surface area contributed by atoms with Crippen LogP contribution in [0, 0.1) is 11.8 Å². The maximum Gasteiger partial charge on any atom is 0.186 e. The largest absolute Gasteiger partial charge is 0.374 e. The molecule has 0 aromatic heterocycles. The first kappa shape index (κ1) is 29.7. The minimum absolute atomic E-state index is 0.0608. The van der Waals surface area contributed by atoms with Crippen LogP contribution < -0.4 is 0 Å². The Kier molecular flexibility index (Phi) is 10.5. The standard InChI is InChI=1S/C36H36O6/c1-38-35-33(40-25-30-18-10-4-11-19-30)34(41-26-31-20-12-5-13-21-31)36(37,23-22-28-14-6-2-7-15-28)32(42-35)27-39-24-29-16-8-3-9-17-29/h2-21,32-35,37H,24-27H2,1H3/t32-,33-,34-,35+,36+/m1/s1. The number of hydrogen-bond acceptors (Lipinski definition) is 6. The monoisotopic (exact) mass is 564 g/mol. The molecule has 4 aromatic carbocycles. The first-order valence-corrected chi connectivity index (χ1v) is 14.1. The molecule has 5 atom stereocenters. The fourth-order valence-electron chi connectivity index (χ4n) is 4.89. The van der Waals surface area contributed by atoms with E-state index in [-0.39, 0.29) is 19.8 Å². The molecule has 0 saturated carbocycles. The molecule has 0 aliphatic carbocycles. The number of aliphatic hydroxyl groups is 1. The Morgan fingerprint density at radius 3 is 1.74 bits per heavy atom. The summed E-state index contributed by atoms with van der Waals surface area (Å²) in [4.78, 5) is 0. The highest BCUT2D eigenvalue weighted by molar-refractivity contribution is 5.38. The SMILES string of the molecule is CO[C@H]1O[C@H](COCc2ccccc2)[C@@](O)(C#Cc2ccccc2)[C@H](OCc2ccccc2)[C@H]1OCc1ccccc1. The maximum absolute atomic E-state index is 12.5. The second kappa shape index (κ2) is 14.9. The van der Waals surface area contributed by atoms with E-state index in [1.54, 1.807) is 7.11 Å². The van der Waals surface area contributed by atoms with Crippen molar-refractivity contribution in [2.75, 3.05) is 13.7 Å². The molecule has 0 radical (unpaired) electrons. The van der Waals surface area contributed by atoms with Gasteiger partial charge in [0.25, 0.3) is 0 Å². The van der Waals surface area contributed by atoms with Gasteiger partial charge in [0.1, 0.15) is 18.3 Å². The number of rotatable bonds is 11. The Morgan fingerprint density at radius 1 is 0.690 bits per heavy atom. The summed E-state index contributed by atoms with van der Waals surface area (Å²) < 4.78 is 31.1. The van der Waals surface area contributed by atoms with E-state index >= 15 is 0 Å². The van der Waals surface area contributed by atoms with Crippen molar-refractivity contribution in [3.05, 3.63) is 144 Å². The average molecular weight is 565 g/mol. The molecule has 4 aromatic rings. The lowest BCUT2D eigenvalue weighted by Crippen LogP contribution is -2.68. The highest BCUT2D eigenvalue weighted by Gasteiger charge is 2.57. The van der Waals surface area contributed by atoms with Gasteiger partial charge in [-0.05, 0) is 28.8 Å². The van der Waals surface area contributed by atoms with E-state index in [4.69, 9.17) is 23.7 Å². The molecule has 0 amide bonds. The van der Waals surface area contributed by atoms with Crippen LogP contribution in [0.4, 0.5) is 0 Å². The number of benzene rings is 4. The fourth-order valence-corrected chi connectivity index (χ4v) is 4.89. The molecule has 6 nitrogen and oxygen atoms in total. The maximum atomic E-state index is 12.5. The van der Waals surface area contributed by atoms with Gasteiger partial charge in [0, 0.05) is 12.7 Å². The van der Waals surface area contributed by atoms with Gasteiger partial charge in [-0.1, -0.05) is 121 Å². The van der Waals surface area contributed by atoms with Crippen molar-refractivity contribution >= 4 is 0 Å². The Morgan fingerprint density at radius 2 is 1.19 bits per heavy atom. The van der Waals surface area contributed by atoms with Crippen molar-refractivity contribution < 1.29 is 28.8 Å². The first-order valence-electron chi connectivity index (χ1n) is 14.1. The lowest BCUT2D eigenvalue weighted by molar-refractivity contribution is -0.332. The van der Waals surface area contributed by atoms with E-state index in [1.807, 2.05) is 121 Å². The molecule has 6 heteroatoms. The van der Waals surface area contributed by atoms with Crippen LogP contribution in [0.2, 0.25) is 0 Å². The van der Waals surface area contributed by atoms with Gasteiger partial charge in [-0.25, -0.2) is 0 Å². The predicted octanol–water partition coefficient (Wildman–Crippen LogP) is 5.53. The van der Waals surface area contributed by atoms with Crippen molar-refractivity contribution in [3.8, 4) is 11.8 Å². The summed E-state index contributed by atoms with van der Waals surface area (Å²) in [6.07, 6.45) is -3.45. The van der Waals surface area contributed by atoms with E-state index in [9.17, 15) is 5.11 Å². The van der Waals surface area contributed by atoms with Crippen molar-refractivity contribution in [3.63, 3.8) is 0 Å². The summed E-state index contributed by atoms with van der Waals surface area (Å²) in [5.74, 6) is 6.25. The van der Waals surface area contributed by atoms with Gasteiger partial charge in [-0.2, -0.15) is 0 Å². The van der Waals surface area contributed by atoms with Gasteiger partial charge in [-0.3, -0.25) is 0 Å². The Balaban J connectivity index is 1.47. The second-order valence-electron chi connectivity index (χ2n) is 10.1. The van der Waals surface area contributed by atoms with E-state index in [0.717, 1.165) is 22.3 Å². The van der Waals surface area contributed by atoms with Gasteiger partial charge in [0.05, 0.1) is 26.4 Å². The van der Waals surface area contributed by atoms with Gasteiger partial charge in [0.15, 0.2) is 11.9 Å². The van der Waals surface area contributed by atoms with Crippen molar-refractivity contribution in [2.45, 2.75) is 50.0 Å². The molecule has 1 aliphatic heterocycles. The number of methoxy groups -OCH3 is 1. The smallest absolute Gasteiger partial charge is 0.186 e. The molecule has 1 heterocycles. The molecule has 0 bridgehead atoms. The normalized spacial score (nSPS) is 23.6. The van der Waals surface area contributed by atoms with Crippen LogP contribution in [-0.4, -0.2) is 49.0 Å². The minimum atomic E-state index is -1.79. The average Bonchev–Trinajstić information content (AvgIpc) is 3.05. The molecule has 0 unspecified atom stereocenters. The molecular formula is C36H36O6. The molecule has 42 heavy (non-hydrogen) atoms. The fraction of sp³-hybridized carbons (Fsp3) is 0.278. The van der Waals surface area contributed by atoms with Gasteiger partial charge < -0.3 is 28.8 Å². The number of ether oxygens (including phenoxy) is 5. The molecule has 1 N–H and O–H groups in total. The molecule has 1 saturated heterocycles. The summed E-state index contributed by atoms with van der Waals surface area (Å²) in [6.45, 7) is 0.923. The summed E-state index contributed by atoms with van der Waals surface area (Å²) in [6, 6.07) is 39.0. The summed E-state index contributed by atoms with van der Waals surface area (Å²) in [7, 11) is 1.56. The van der Waals surface area contributed by atoms with E-state index in [2.05, 4.69) is 11.8 Å². The van der Waals surface area contributed by atoms with Crippen LogP contribution in [0.3, 0.4) is 0 Å². The minimum Gasteiger partial charge on any atom is -0.374 e. The molecule has 0 spiro atoms. The van der Waals surface area contributed by atoms with Gasteiger partial charge >= 0.3 is 0 Å².